The Morgan fingerprint density at radius 2 is 1.53 bits per heavy atom. The zero-order chi connectivity index (χ0) is 15.3. The Morgan fingerprint density at radius 3 is 1.89 bits per heavy atom. The Kier molecular flexibility index (Phi) is 5.99. The van der Waals surface area contributed by atoms with Crippen LogP contribution in [-0.4, -0.2) is 28.6 Å². The summed E-state index contributed by atoms with van der Waals surface area (Å²) in [4.78, 5) is 34.1. The van der Waals surface area contributed by atoms with E-state index < -0.39 is 23.3 Å². The van der Waals surface area contributed by atoms with Gasteiger partial charge in [0.1, 0.15) is 0 Å². The SMILES string of the molecule is CCC(C)(CC)NC(=O)NC(=O)CC(C)(C)C(=O)O. The lowest BCUT2D eigenvalue weighted by Crippen LogP contribution is -2.51. The summed E-state index contributed by atoms with van der Waals surface area (Å²) in [5.74, 6) is -1.67. The van der Waals surface area contributed by atoms with Gasteiger partial charge in [-0.05, 0) is 33.6 Å². The first-order valence-corrected chi connectivity index (χ1v) is 6.41. The molecular formula is C13H24N2O4. The molecule has 6 heteroatoms. The number of imide groups is 1. The standard InChI is InChI=1S/C13H24N2O4/c1-6-13(5,7-2)15-11(19)14-9(16)8-12(3,4)10(17)18/h6-8H2,1-5H3,(H,17,18)(H2,14,15,16,19). The average molecular weight is 272 g/mol. The Hall–Kier alpha value is -1.59. The first-order valence-electron chi connectivity index (χ1n) is 6.41. The number of carbonyl (C=O) groups is 3. The summed E-state index contributed by atoms with van der Waals surface area (Å²) in [6, 6.07) is -0.586. The van der Waals surface area contributed by atoms with Crippen LogP contribution in [0.4, 0.5) is 4.79 Å². The summed E-state index contributed by atoms with van der Waals surface area (Å²) in [6.45, 7) is 8.65. The molecule has 0 aromatic rings. The molecule has 0 radical (unpaired) electrons. The minimum atomic E-state index is -1.19. The molecule has 19 heavy (non-hydrogen) atoms. The fraction of sp³-hybridized carbons (Fsp3) is 0.769. The van der Waals surface area contributed by atoms with Gasteiger partial charge in [0.05, 0.1) is 5.41 Å². The van der Waals surface area contributed by atoms with Gasteiger partial charge < -0.3 is 10.4 Å². The van der Waals surface area contributed by atoms with Gasteiger partial charge in [0.25, 0.3) is 0 Å². The van der Waals surface area contributed by atoms with Gasteiger partial charge in [-0.2, -0.15) is 0 Å². The highest BCUT2D eigenvalue weighted by atomic mass is 16.4. The van der Waals surface area contributed by atoms with Crippen molar-refractivity contribution in [1.29, 1.82) is 0 Å². The Bertz CT molecular complexity index is 360. The van der Waals surface area contributed by atoms with E-state index in [9.17, 15) is 14.4 Å². The summed E-state index contributed by atoms with van der Waals surface area (Å²) < 4.78 is 0. The molecule has 0 saturated heterocycles. The van der Waals surface area contributed by atoms with Crippen molar-refractivity contribution in [2.75, 3.05) is 0 Å². The van der Waals surface area contributed by atoms with Crippen LogP contribution in [0.2, 0.25) is 0 Å². The van der Waals surface area contributed by atoms with E-state index in [4.69, 9.17) is 5.11 Å². The van der Waals surface area contributed by atoms with E-state index in [1.54, 1.807) is 0 Å². The zero-order valence-electron chi connectivity index (χ0n) is 12.3. The topological polar surface area (TPSA) is 95.5 Å². The van der Waals surface area contributed by atoms with Crippen LogP contribution in [0, 0.1) is 5.41 Å². The van der Waals surface area contributed by atoms with Crippen molar-refractivity contribution in [2.45, 2.75) is 59.4 Å². The van der Waals surface area contributed by atoms with Crippen LogP contribution in [0.25, 0.3) is 0 Å². The summed E-state index contributed by atoms with van der Waals surface area (Å²) in [5, 5.41) is 13.8. The van der Waals surface area contributed by atoms with E-state index in [0.29, 0.717) is 0 Å². The van der Waals surface area contributed by atoms with Gasteiger partial charge in [-0.15, -0.1) is 0 Å². The number of amides is 3. The lowest BCUT2D eigenvalue weighted by atomic mass is 9.89. The molecule has 0 aliphatic rings. The molecule has 0 rings (SSSR count). The van der Waals surface area contributed by atoms with Gasteiger partial charge in [0.15, 0.2) is 0 Å². The highest BCUT2D eigenvalue weighted by Crippen LogP contribution is 2.20. The highest BCUT2D eigenvalue weighted by molar-refractivity contribution is 5.96. The van der Waals surface area contributed by atoms with Gasteiger partial charge in [0.2, 0.25) is 5.91 Å². The Balaban J connectivity index is 4.43. The first kappa shape index (κ1) is 17.4. The van der Waals surface area contributed by atoms with E-state index in [1.165, 1.54) is 13.8 Å². The summed E-state index contributed by atoms with van der Waals surface area (Å²) in [7, 11) is 0. The second kappa shape index (κ2) is 6.54. The van der Waals surface area contributed by atoms with Crippen LogP contribution in [0.15, 0.2) is 0 Å². The van der Waals surface area contributed by atoms with Crippen molar-refractivity contribution < 1.29 is 19.5 Å². The number of nitrogens with one attached hydrogen (secondary N) is 2. The van der Waals surface area contributed by atoms with E-state index >= 15 is 0 Å². The van der Waals surface area contributed by atoms with Crippen LogP contribution in [0.1, 0.15) is 53.9 Å². The monoisotopic (exact) mass is 272 g/mol. The fourth-order valence-electron chi connectivity index (χ4n) is 1.38. The first-order chi connectivity index (χ1) is 8.56. The number of carboxylic acid groups (broad SMARTS) is 1. The quantitative estimate of drug-likeness (QED) is 0.688. The fourth-order valence-corrected chi connectivity index (χ4v) is 1.38. The number of hydrogen-bond donors (Lipinski definition) is 3. The largest absolute Gasteiger partial charge is 0.481 e. The van der Waals surface area contributed by atoms with Gasteiger partial charge in [0, 0.05) is 12.0 Å². The molecule has 3 amide bonds. The number of carbonyl (C=O) groups excluding carboxylic acids is 2. The third-order valence-electron chi connectivity index (χ3n) is 3.41. The van der Waals surface area contributed by atoms with E-state index in [0.717, 1.165) is 12.8 Å². The van der Waals surface area contributed by atoms with Crippen molar-refractivity contribution in [1.82, 2.24) is 10.6 Å². The molecule has 3 N–H and O–H groups in total. The molecule has 0 unspecified atom stereocenters. The third kappa shape index (κ3) is 5.72. The van der Waals surface area contributed by atoms with Gasteiger partial charge in [-0.1, -0.05) is 13.8 Å². The van der Waals surface area contributed by atoms with Crippen LogP contribution in [-0.2, 0) is 9.59 Å². The molecule has 0 aliphatic heterocycles. The molecule has 0 aromatic carbocycles. The molecule has 0 fully saturated rings. The third-order valence-corrected chi connectivity index (χ3v) is 3.41. The van der Waals surface area contributed by atoms with Crippen LogP contribution >= 0.6 is 0 Å². The van der Waals surface area contributed by atoms with E-state index in [-0.39, 0.29) is 12.0 Å². The molecule has 0 aromatic heterocycles. The Labute approximate surface area is 113 Å². The van der Waals surface area contributed by atoms with Gasteiger partial charge in [-0.3, -0.25) is 14.9 Å². The lowest BCUT2D eigenvalue weighted by Gasteiger charge is -2.28. The predicted molar refractivity (Wildman–Crippen MR) is 71.7 cm³/mol. The second-order valence-corrected chi connectivity index (χ2v) is 5.64. The number of urea groups is 1. The maximum Gasteiger partial charge on any atom is 0.321 e. The number of hydrogen-bond acceptors (Lipinski definition) is 3. The van der Waals surface area contributed by atoms with Gasteiger partial charge in [-0.25, -0.2) is 4.79 Å². The predicted octanol–water partition coefficient (Wildman–Crippen LogP) is 1.89. The molecule has 0 atom stereocenters. The lowest BCUT2D eigenvalue weighted by molar-refractivity contribution is -0.149. The summed E-state index contributed by atoms with van der Waals surface area (Å²) in [6.07, 6.45) is 1.24. The number of carboxylic acids is 1. The molecule has 0 heterocycles. The van der Waals surface area contributed by atoms with E-state index in [1.807, 2.05) is 20.8 Å². The molecule has 110 valence electrons. The van der Waals surface area contributed by atoms with Gasteiger partial charge >= 0.3 is 12.0 Å². The highest BCUT2D eigenvalue weighted by Gasteiger charge is 2.31. The zero-order valence-corrected chi connectivity index (χ0v) is 12.3. The Morgan fingerprint density at radius 1 is 1.05 bits per heavy atom. The average Bonchev–Trinajstić information content (AvgIpc) is 2.27. The molecular weight excluding hydrogens is 248 g/mol. The van der Waals surface area contributed by atoms with Crippen molar-refractivity contribution in [3.05, 3.63) is 0 Å². The van der Waals surface area contributed by atoms with Crippen LogP contribution < -0.4 is 10.6 Å². The molecule has 0 aliphatic carbocycles. The molecule has 0 spiro atoms. The summed E-state index contributed by atoms with van der Waals surface area (Å²) in [5.41, 5.74) is -1.56. The molecule has 6 nitrogen and oxygen atoms in total. The van der Waals surface area contributed by atoms with Crippen molar-refractivity contribution in [3.8, 4) is 0 Å². The van der Waals surface area contributed by atoms with Crippen molar-refractivity contribution >= 4 is 17.9 Å². The van der Waals surface area contributed by atoms with Crippen LogP contribution in [0.3, 0.4) is 0 Å². The summed E-state index contributed by atoms with van der Waals surface area (Å²) >= 11 is 0. The maximum atomic E-state index is 11.7. The minimum Gasteiger partial charge on any atom is -0.481 e. The number of rotatable bonds is 6. The normalized spacial score (nSPS) is 11.8. The van der Waals surface area contributed by atoms with Crippen molar-refractivity contribution in [2.24, 2.45) is 5.41 Å². The number of aliphatic carboxylic acids is 1. The minimum absolute atomic E-state index is 0.245. The molecule has 0 saturated carbocycles. The van der Waals surface area contributed by atoms with Crippen molar-refractivity contribution in [3.63, 3.8) is 0 Å². The van der Waals surface area contributed by atoms with Crippen LogP contribution in [0.5, 0.6) is 0 Å². The maximum absolute atomic E-state index is 11.7. The smallest absolute Gasteiger partial charge is 0.321 e. The molecule has 0 bridgehead atoms. The second-order valence-electron chi connectivity index (χ2n) is 5.64. The van der Waals surface area contributed by atoms with E-state index in [2.05, 4.69) is 10.6 Å².